The number of nitrogens with zero attached hydrogens (tertiary/aromatic N) is 5. The minimum absolute atomic E-state index is 0.127. The van der Waals surface area contributed by atoms with E-state index in [-0.39, 0.29) is 5.75 Å². The fourth-order valence-electron chi connectivity index (χ4n) is 2.57. The zero-order chi connectivity index (χ0) is 16.5. The van der Waals surface area contributed by atoms with E-state index < -0.39 is 0 Å². The highest BCUT2D eigenvalue weighted by atomic mass is 16.3. The molecule has 24 heavy (non-hydrogen) atoms. The Morgan fingerprint density at radius 2 is 1.88 bits per heavy atom. The van der Waals surface area contributed by atoms with Crippen LogP contribution in [-0.4, -0.2) is 25.1 Å². The first-order chi connectivity index (χ1) is 11.8. The second-order valence-electron chi connectivity index (χ2n) is 5.24. The fourth-order valence-corrected chi connectivity index (χ4v) is 2.57. The minimum Gasteiger partial charge on any atom is -0.506 e. The average Bonchev–Trinajstić information content (AvgIpc) is 3.12. The Labute approximate surface area is 137 Å². The van der Waals surface area contributed by atoms with Crippen LogP contribution in [0.15, 0.2) is 60.9 Å². The third kappa shape index (κ3) is 2.25. The maximum atomic E-state index is 9.94. The van der Waals surface area contributed by atoms with Crippen LogP contribution in [0, 0.1) is 11.3 Å². The quantitative estimate of drug-likeness (QED) is 0.614. The Hall–Kier alpha value is -3.72. The summed E-state index contributed by atoms with van der Waals surface area (Å²) in [7, 11) is 0. The second kappa shape index (κ2) is 5.48. The van der Waals surface area contributed by atoms with E-state index in [9.17, 15) is 5.11 Å². The Kier molecular flexibility index (Phi) is 3.18. The molecule has 0 unspecified atom stereocenters. The molecule has 0 spiro atoms. The third-order valence-electron chi connectivity index (χ3n) is 3.78. The van der Waals surface area contributed by atoms with Crippen LogP contribution in [0.1, 0.15) is 5.56 Å². The normalized spacial score (nSPS) is 10.6. The Morgan fingerprint density at radius 1 is 1.04 bits per heavy atom. The van der Waals surface area contributed by atoms with Crippen molar-refractivity contribution in [3.05, 3.63) is 66.5 Å². The van der Waals surface area contributed by atoms with Crippen molar-refractivity contribution in [2.45, 2.75) is 0 Å². The predicted octanol–water partition coefficient (Wildman–Crippen LogP) is 3.06. The van der Waals surface area contributed by atoms with Crippen LogP contribution in [0.2, 0.25) is 0 Å². The summed E-state index contributed by atoms with van der Waals surface area (Å²) in [5.41, 5.74) is 3.47. The zero-order valence-corrected chi connectivity index (χ0v) is 12.5. The summed E-state index contributed by atoms with van der Waals surface area (Å²) in [6, 6.07) is 16.3. The van der Waals surface area contributed by atoms with Crippen LogP contribution in [0.4, 0.5) is 0 Å². The number of fused-ring (bicyclic) bond motifs is 1. The van der Waals surface area contributed by atoms with Crippen molar-refractivity contribution in [3.63, 3.8) is 0 Å². The van der Waals surface area contributed by atoms with Crippen molar-refractivity contribution in [2.24, 2.45) is 0 Å². The molecule has 1 N–H and O–H groups in total. The SMILES string of the molecule is N#Cc1ccc(-c2cn(-c3ccc(O)c4ncccc34)nn2)cc1. The number of aromatic nitrogens is 4. The molecule has 2 aromatic carbocycles. The topological polar surface area (TPSA) is 87.6 Å². The fraction of sp³-hybridized carbons (Fsp3) is 0. The van der Waals surface area contributed by atoms with Gasteiger partial charge in [-0.15, -0.1) is 5.10 Å². The lowest BCUT2D eigenvalue weighted by molar-refractivity contribution is 0.480. The van der Waals surface area contributed by atoms with E-state index in [2.05, 4.69) is 21.4 Å². The van der Waals surface area contributed by atoms with Crippen molar-refractivity contribution >= 4 is 10.9 Å². The van der Waals surface area contributed by atoms with Crippen LogP contribution >= 0.6 is 0 Å². The molecule has 4 aromatic rings. The first-order valence-electron chi connectivity index (χ1n) is 7.26. The van der Waals surface area contributed by atoms with Gasteiger partial charge in [0.2, 0.25) is 0 Å². The first kappa shape index (κ1) is 13.9. The summed E-state index contributed by atoms with van der Waals surface area (Å²) in [5, 5.41) is 28.0. The van der Waals surface area contributed by atoms with Crippen molar-refractivity contribution in [1.82, 2.24) is 20.0 Å². The summed E-state index contributed by atoms with van der Waals surface area (Å²) in [4.78, 5) is 4.21. The summed E-state index contributed by atoms with van der Waals surface area (Å²) >= 11 is 0. The highest BCUT2D eigenvalue weighted by Gasteiger charge is 2.11. The molecular weight excluding hydrogens is 302 g/mol. The third-order valence-corrected chi connectivity index (χ3v) is 3.78. The summed E-state index contributed by atoms with van der Waals surface area (Å²) in [5.74, 6) is 0.127. The van der Waals surface area contributed by atoms with Gasteiger partial charge in [0.15, 0.2) is 0 Å². The minimum atomic E-state index is 0.127. The van der Waals surface area contributed by atoms with Gasteiger partial charge in [-0.1, -0.05) is 17.3 Å². The molecule has 0 saturated heterocycles. The number of pyridine rings is 1. The standard InChI is InChI=1S/C18H11N5O/c19-10-12-3-5-13(6-4-12)15-11-23(22-21-15)16-7-8-17(24)18-14(16)2-1-9-20-18/h1-9,11,24H. The number of hydrogen-bond acceptors (Lipinski definition) is 5. The predicted molar refractivity (Wildman–Crippen MR) is 88.5 cm³/mol. The molecule has 0 fully saturated rings. The van der Waals surface area contributed by atoms with Gasteiger partial charge in [0.05, 0.1) is 23.5 Å². The van der Waals surface area contributed by atoms with Gasteiger partial charge in [-0.3, -0.25) is 4.98 Å². The lowest BCUT2D eigenvalue weighted by Gasteiger charge is -2.06. The van der Waals surface area contributed by atoms with E-state index in [1.807, 2.05) is 24.3 Å². The maximum absolute atomic E-state index is 9.94. The van der Waals surface area contributed by atoms with Gasteiger partial charge in [-0.25, -0.2) is 4.68 Å². The van der Waals surface area contributed by atoms with Gasteiger partial charge >= 0.3 is 0 Å². The van der Waals surface area contributed by atoms with Crippen LogP contribution in [-0.2, 0) is 0 Å². The number of nitriles is 1. The maximum Gasteiger partial charge on any atom is 0.141 e. The molecule has 0 atom stereocenters. The van der Waals surface area contributed by atoms with Crippen molar-refractivity contribution < 1.29 is 5.11 Å². The smallest absolute Gasteiger partial charge is 0.141 e. The van der Waals surface area contributed by atoms with E-state index >= 15 is 0 Å². The van der Waals surface area contributed by atoms with Crippen molar-refractivity contribution in [2.75, 3.05) is 0 Å². The molecule has 0 saturated carbocycles. The lowest BCUT2D eigenvalue weighted by atomic mass is 10.1. The molecule has 0 aliphatic carbocycles. The molecule has 0 bridgehead atoms. The van der Waals surface area contributed by atoms with Gasteiger partial charge in [-0.2, -0.15) is 5.26 Å². The number of aromatic hydroxyl groups is 1. The molecule has 2 aromatic heterocycles. The number of rotatable bonds is 2. The van der Waals surface area contributed by atoms with E-state index in [1.54, 1.807) is 41.3 Å². The van der Waals surface area contributed by atoms with Gasteiger partial charge in [0.1, 0.15) is 17.0 Å². The molecule has 0 aliphatic heterocycles. The van der Waals surface area contributed by atoms with E-state index in [0.717, 1.165) is 16.6 Å². The molecule has 0 aliphatic rings. The summed E-state index contributed by atoms with van der Waals surface area (Å²) in [6.45, 7) is 0. The van der Waals surface area contributed by atoms with Gasteiger partial charge in [-0.05, 0) is 36.4 Å². The number of phenols is 1. The van der Waals surface area contributed by atoms with E-state index in [0.29, 0.717) is 16.8 Å². The number of hydrogen-bond donors (Lipinski definition) is 1. The Bertz CT molecular complexity index is 1080. The molecule has 6 nitrogen and oxygen atoms in total. The van der Waals surface area contributed by atoms with E-state index in [1.165, 1.54) is 0 Å². The highest BCUT2D eigenvalue weighted by Crippen LogP contribution is 2.28. The van der Waals surface area contributed by atoms with Crippen LogP contribution < -0.4 is 0 Å². The van der Waals surface area contributed by atoms with Crippen molar-refractivity contribution in [1.29, 1.82) is 5.26 Å². The van der Waals surface area contributed by atoms with Crippen LogP contribution in [0.3, 0.4) is 0 Å². The first-order valence-corrected chi connectivity index (χ1v) is 7.26. The Morgan fingerprint density at radius 3 is 2.67 bits per heavy atom. The summed E-state index contributed by atoms with van der Waals surface area (Å²) < 4.78 is 1.65. The van der Waals surface area contributed by atoms with Gasteiger partial charge in [0.25, 0.3) is 0 Å². The number of phenolic OH excluding ortho intramolecular Hbond substituents is 1. The largest absolute Gasteiger partial charge is 0.506 e. The Balaban J connectivity index is 1.81. The molecule has 2 heterocycles. The molecule has 0 radical (unpaired) electrons. The molecular formula is C18H11N5O. The van der Waals surface area contributed by atoms with Crippen molar-refractivity contribution in [3.8, 4) is 28.8 Å². The average molecular weight is 313 g/mol. The van der Waals surface area contributed by atoms with Crippen LogP contribution in [0.5, 0.6) is 5.75 Å². The highest BCUT2D eigenvalue weighted by molar-refractivity contribution is 5.91. The monoisotopic (exact) mass is 313 g/mol. The molecule has 4 rings (SSSR count). The lowest BCUT2D eigenvalue weighted by Crippen LogP contribution is -1.96. The zero-order valence-electron chi connectivity index (χ0n) is 12.5. The van der Waals surface area contributed by atoms with Gasteiger partial charge < -0.3 is 5.11 Å². The van der Waals surface area contributed by atoms with Crippen LogP contribution in [0.25, 0.3) is 27.8 Å². The molecule has 114 valence electrons. The number of benzene rings is 2. The molecule has 6 heteroatoms. The molecule has 0 amide bonds. The second-order valence-corrected chi connectivity index (χ2v) is 5.24. The summed E-state index contributed by atoms with van der Waals surface area (Å²) in [6.07, 6.45) is 3.44. The van der Waals surface area contributed by atoms with Gasteiger partial charge in [0, 0.05) is 17.1 Å². The van der Waals surface area contributed by atoms with E-state index in [4.69, 9.17) is 5.26 Å².